The molecule has 0 aliphatic rings. The van der Waals surface area contributed by atoms with Crippen molar-refractivity contribution in [1.29, 1.82) is 0 Å². The molecule has 0 aromatic carbocycles. The number of carboxylic acid groups (broad SMARTS) is 1. The molecule has 0 bridgehead atoms. The van der Waals surface area contributed by atoms with Gasteiger partial charge in [0.2, 0.25) is 0 Å². The van der Waals surface area contributed by atoms with E-state index in [1.165, 1.54) is 0 Å². The molecule has 96 valence electrons. The van der Waals surface area contributed by atoms with Crippen LogP contribution >= 0.6 is 0 Å². The average molecular weight is 230 g/mol. The minimum atomic E-state index is -1.13. The highest BCUT2D eigenvalue weighted by atomic mass is 16.4. The van der Waals surface area contributed by atoms with Gasteiger partial charge in [-0.25, -0.2) is 0 Å². The lowest BCUT2D eigenvalue weighted by Crippen LogP contribution is -2.50. The SMILES string of the molecule is CCCN(CCC)C(C)CC(C)(N)C(=O)O. The van der Waals surface area contributed by atoms with E-state index < -0.39 is 11.5 Å². The van der Waals surface area contributed by atoms with Crippen molar-refractivity contribution in [3.8, 4) is 0 Å². The lowest BCUT2D eigenvalue weighted by Gasteiger charge is -2.32. The second-order valence-corrected chi connectivity index (χ2v) is 4.81. The standard InChI is InChI=1S/C12H26N2O2/c1-5-7-14(8-6-2)10(3)9-12(4,13)11(15)16/h10H,5-9,13H2,1-4H3,(H,15,16). The van der Waals surface area contributed by atoms with Crippen LogP contribution in [0.4, 0.5) is 0 Å². The van der Waals surface area contributed by atoms with E-state index in [4.69, 9.17) is 10.8 Å². The summed E-state index contributed by atoms with van der Waals surface area (Å²) in [6.45, 7) is 9.92. The Morgan fingerprint density at radius 2 is 1.81 bits per heavy atom. The lowest BCUT2D eigenvalue weighted by molar-refractivity contribution is -0.143. The van der Waals surface area contributed by atoms with Crippen molar-refractivity contribution >= 4 is 5.97 Å². The van der Waals surface area contributed by atoms with E-state index in [0.29, 0.717) is 6.42 Å². The summed E-state index contributed by atoms with van der Waals surface area (Å²) in [7, 11) is 0. The maximum absolute atomic E-state index is 11.0. The largest absolute Gasteiger partial charge is 0.480 e. The van der Waals surface area contributed by atoms with Crippen LogP contribution in [0.25, 0.3) is 0 Å². The molecule has 0 radical (unpaired) electrons. The Bertz CT molecular complexity index is 211. The molecule has 0 rings (SSSR count). The van der Waals surface area contributed by atoms with Gasteiger partial charge in [-0.2, -0.15) is 0 Å². The molecule has 2 atom stereocenters. The molecule has 3 N–H and O–H groups in total. The zero-order valence-electron chi connectivity index (χ0n) is 11.0. The van der Waals surface area contributed by atoms with Gasteiger partial charge in [-0.1, -0.05) is 13.8 Å². The van der Waals surface area contributed by atoms with E-state index in [-0.39, 0.29) is 6.04 Å². The first-order chi connectivity index (χ1) is 7.35. The molecular weight excluding hydrogens is 204 g/mol. The molecule has 0 aromatic rings. The second-order valence-electron chi connectivity index (χ2n) is 4.81. The van der Waals surface area contributed by atoms with Gasteiger partial charge in [-0.05, 0) is 46.2 Å². The summed E-state index contributed by atoms with van der Waals surface area (Å²) in [6.07, 6.45) is 2.65. The Morgan fingerprint density at radius 3 is 2.12 bits per heavy atom. The molecule has 0 aliphatic heterocycles. The zero-order valence-corrected chi connectivity index (χ0v) is 11.0. The monoisotopic (exact) mass is 230 g/mol. The van der Waals surface area contributed by atoms with Gasteiger partial charge in [0.1, 0.15) is 5.54 Å². The van der Waals surface area contributed by atoms with Crippen molar-refractivity contribution in [3.05, 3.63) is 0 Å². The van der Waals surface area contributed by atoms with Crippen LogP contribution < -0.4 is 5.73 Å². The second kappa shape index (κ2) is 6.86. The molecule has 4 heteroatoms. The maximum Gasteiger partial charge on any atom is 0.323 e. The first-order valence-corrected chi connectivity index (χ1v) is 6.11. The average Bonchev–Trinajstić information content (AvgIpc) is 2.16. The highest BCUT2D eigenvalue weighted by molar-refractivity contribution is 5.77. The highest BCUT2D eigenvalue weighted by Crippen LogP contribution is 2.15. The van der Waals surface area contributed by atoms with Crippen molar-refractivity contribution in [3.63, 3.8) is 0 Å². The van der Waals surface area contributed by atoms with Crippen LogP contribution in [0.5, 0.6) is 0 Å². The Hall–Kier alpha value is -0.610. The van der Waals surface area contributed by atoms with Crippen LogP contribution in [0.15, 0.2) is 0 Å². The van der Waals surface area contributed by atoms with Crippen LogP contribution in [0.3, 0.4) is 0 Å². The van der Waals surface area contributed by atoms with Crippen molar-refractivity contribution < 1.29 is 9.90 Å². The molecule has 0 saturated heterocycles. The van der Waals surface area contributed by atoms with Crippen molar-refractivity contribution in [2.24, 2.45) is 5.73 Å². The van der Waals surface area contributed by atoms with E-state index in [2.05, 4.69) is 25.7 Å². The number of nitrogens with two attached hydrogens (primary N) is 1. The molecule has 0 saturated carbocycles. The predicted molar refractivity (Wildman–Crippen MR) is 66.5 cm³/mol. The molecule has 4 nitrogen and oxygen atoms in total. The van der Waals surface area contributed by atoms with Crippen molar-refractivity contribution in [2.45, 2.75) is 58.5 Å². The van der Waals surface area contributed by atoms with Gasteiger partial charge in [-0.3, -0.25) is 4.79 Å². The van der Waals surface area contributed by atoms with E-state index >= 15 is 0 Å². The summed E-state index contributed by atoms with van der Waals surface area (Å²) in [5, 5.41) is 8.99. The Kier molecular flexibility index (Phi) is 6.60. The first kappa shape index (κ1) is 15.4. The van der Waals surface area contributed by atoms with Gasteiger partial charge in [0, 0.05) is 6.04 Å². The summed E-state index contributed by atoms with van der Waals surface area (Å²) < 4.78 is 0. The number of carboxylic acids is 1. The van der Waals surface area contributed by atoms with Gasteiger partial charge in [-0.15, -0.1) is 0 Å². The summed E-state index contributed by atoms with van der Waals surface area (Å²) >= 11 is 0. The van der Waals surface area contributed by atoms with Gasteiger partial charge in [0.05, 0.1) is 0 Å². The smallest absolute Gasteiger partial charge is 0.323 e. The molecular formula is C12H26N2O2. The fourth-order valence-electron chi connectivity index (χ4n) is 1.96. The Morgan fingerprint density at radius 1 is 1.38 bits per heavy atom. The lowest BCUT2D eigenvalue weighted by atomic mass is 9.94. The minimum absolute atomic E-state index is 0.214. The van der Waals surface area contributed by atoms with Crippen LogP contribution in [0.2, 0.25) is 0 Å². The summed E-state index contributed by atoms with van der Waals surface area (Å²) in [5.74, 6) is -0.924. The van der Waals surface area contributed by atoms with Crippen molar-refractivity contribution in [2.75, 3.05) is 13.1 Å². The topological polar surface area (TPSA) is 66.6 Å². The Labute approximate surface area is 98.8 Å². The van der Waals surface area contributed by atoms with Gasteiger partial charge in [0.15, 0.2) is 0 Å². The van der Waals surface area contributed by atoms with E-state index in [1.807, 2.05) is 0 Å². The summed E-state index contributed by atoms with van der Waals surface area (Å²) in [6, 6.07) is 0.214. The molecule has 2 unspecified atom stereocenters. The number of nitrogens with zero attached hydrogens (tertiary/aromatic N) is 1. The summed E-state index contributed by atoms with van der Waals surface area (Å²) in [5.41, 5.74) is 4.64. The highest BCUT2D eigenvalue weighted by Gasteiger charge is 2.31. The van der Waals surface area contributed by atoms with E-state index in [0.717, 1.165) is 25.9 Å². The quantitative estimate of drug-likeness (QED) is 0.666. The third kappa shape index (κ3) is 4.94. The van der Waals surface area contributed by atoms with Gasteiger partial charge >= 0.3 is 5.97 Å². The maximum atomic E-state index is 11.0. The Balaban J connectivity index is 4.38. The van der Waals surface area contributed by atoms with Crippen molar-refractivity contribution in [1.82, 2.24) is 4.90 Å². The molecule has 0 aliphatic carbocycles. The van der Waals surface area contributed by atoms with Gasteiger partial charge in [0.25, 0.3) is 0 Å². The number of hydrogen-bond donors (Lipinski definition) is 2. The molecule has 0 heterocycles. The van der Waals surface area contributed by atoms with Gasteiger partial charge < -0.3 is 15.7 Å². The third-order valence-electron chi connectivity index (χ3n) is 2.85. The molecule has 16 heavy (non-hydrogen) atoms. The minimum Gasteiger partial charge on any atom is -0.480 e. The van der Waals surface area contributed by atoms with E-state index in [1.54, 1.807) is 6.92 Å². The fourth-order valence-corrected chi connectivity index (χ4v) is 1.96. The first-order valence-electron chi connectivity index (χ1n) is 6.11. The predicted octanol–water partition coefficient (Wildman–Crippen LogP) is 1.69. The number of aliphatic carboxylic acids is 1. The summed E-state index contributed by atoms with van der Waals surface area (Å²) in [4.78, 5) is 13.3. The number of carbonyl (C=O) groups is 1. The molecule has 0 amide bonds. The van der Waals surface area contributed by atoms with E-state index in [9.17, 15) is 4.79 Å². The number of rotatable bonds is 8. The normalized spacial score (nSPS) is 17.1. The van der Waals surface area contributed by atoms with Crippen LogP contribution in [0.1, 0.15) is 47.0 Å². The molecule has 0 aromatic heterocycles. The van der Waals surface area contributed by atoms with Crippen LogP contribution in [-0.2, 0) is 4.79 Å². The van der Waals surface area contributed by atoms with Crippen LogP contribution in [-0.4, -0.2) is 40.6 Å². The van der Waals surface area contributed by atoms with Crippen LogP contribution in [0, 0.1) is 0 Å². The third-order valence-corrected chi connectivity index (χ3v) is 2.85. The zero-order chi connectivity index (χ0) is 12.8. The molecule has 0 spiro atoms. The fraction of sp³-hybridized carbons (Fsp3) is 0.917. The molecule has 0 fully saturated rings. The number of hydrogen-bond acceptors (Lipinski definition) is 3.